The van der Waals surface area contributed by atoms with E-state index in [0.29, 0.717) is 22.4 Å². The van der Waals surface area contributed by atoms with Gasteiger partial charge in [-0.25, -0.2) is 14.8 Å². The maximum absolute atomic E-state index is 11.4. The van der Waals surface area contributed by atoms with E-state index < -0.39 is 5.97 Å². The highest BCUT2D eigenvalue weighted by atomic mass is 32.2. The Balaban J connectivity index is 1.88. The topological polar surface area (TPSA) is 80.9 Å². The minimum absolute atomic E-state index is 0.216. The van der Waals surface area contributed by atoms with E-state index in [4.69, 9.17) is 0 Å². The molecule has 2 heterocycles. The van der Waals surface area contributed by atoms with Crippen LogP contribution >= 0.6 is 11.8 Å². The number of rotatable bonds is 5. The van der Waals surface area contributed by atoms with E-state index in [-0.39, 0.29) is 5.56 Å². The summed E-state index contributed by atoms with van der Waals surface area (Å²) in [6, 6.07) is 0. The van der Waals surface area contributed by atoms with Gasteiger partial charge in [0, 0.05) is 30.5 Å². The molecule has 0 atom stereocenters. The molecule has 1 aliphatic rings. The zero-order valence-electron chi connectivity index (χ0n) is 11.9. The van der Waals surface area contributed by atoms with Crippen molar-refractivity contribution in [1.82, 2.24) is 19.7 Å². The van der Waals surface area contributed by atoms with E-state index in [1.54, 1.807) is 17.8 Å². The van der Waals surface area contributed by atoms with Crippen LogP contribution in [-0.4, -0.2) is 30.8 Å². The molecule has 0 aliphatic heterocycles. The summed E-state index contributed by atoms with van der Waals surface area (Å²) >= 11 is 1.43. The first kappa shape index (κ1) is 14.1. The van der Waals surface area contributed by atoms with E-state index in [9.17, 15) is 9.90 Å². The van der Waals surface area contributed by atoms with Crippen molar-refractivity contribution < 1.29 is 9.90 Å². The summed E-state index contributed by atoms with van der Waals surface area (Å²) in [5.74, 6) is 0.869. The zero-order chi connectivity index (χ0) is 15.0. The van der Waals surface area contributed by atoms with Gasteiger partial charge in [-0.3, -0.25) is 4.68 Å². The number of carboxylic acids is 1. The Bertz CT molecular complexity index is 694. The highest BCUT2D eigenvalue weighted by Crippen LogP contribution is 2.39. The number of aryl methyl sites for hydroxylation is 2. The summed E-state index contributed by atoms with van der Waals surface area (Å²) in [5.41, 5.74) is 1.81. The Kier molecular flexibility index (Phi) is 3.67. The van der Waals surface area contributed by atoms with Gasteiger partial charge in [0.2, 0.25) is 0 Å². The van der Waals surface area contributed by atoms with Crippen molar-refractivity contribution in [3.05, 3.63) is 35.0 Å². The molecule has 1 N–H and O–H groups in total. The van der Waals surface area contributed by atoms with Gasteiger partial charge >= 0.3 is 5.97 Å². The molecular weight excluding hydrogens is 288 g/mol. The number of hydrogen-bond donors (Lipinski definition) is 1. The van der Waals surface area contributed by atoms with Crippen LogP contribution < -0.4 is 0 Å². The summed E-state index contributed by atoms with van der Waals surface area (Å²) in [5, 5.41) is 14.1. The molecule has 0 amide bonds. The maximum atomic E-state index is 11.4. The predicted octanol–water partition coefficient (Wildman–Crippen LogP) is 2.39. The number of carboxylic acid groups (broad SMARTS) is 1. The summed E-state index contributed by atoms with van der Waals surface area (Å²) < 4.78 is 1.73. The molecule has 1 saturated carbocycles. The van der Waals surface area contributed by atoms with Crippen LogP contribution in [0.2, 0.25) is 0 Å². The van der Waals surface area contributed by atoms with E-state index in [0.717, 1.165) is 24.2 Å². The lowest BCUT2D eigenvalue weighted by atomic mass is 10.2. The summed E-state index contributed by atoms with van der Waals surface area (Å²) in [7, 11) is 1.86. The molecule has 6 nitrogen and oxygen atoms in total. The van der Waals surface area contributed by atoms with E-state index in [1.807, 2.05) is 13.2 Å². The van der Waals surface area contributed by atoms with Crippen LogP contribution in [0.15, 0.2) is 17.4 Å². The second kappa shape index (κ2) is 5.48. The number of aromatic nitrogens is 4. The van der Waals surface area contributed by atoms with E-state index >= 15 is 0 Å². The van der Waals surface area contributed by atoms with Crippen molar-refractivity contribution in [3.63, 3.8) is 0 Å². The zero-order valence-corrected chi connectivity index (χ0v) is 12.7. The number of carbonyl (C=O) groups is 1. The van der Waals surface area contributed by atoms with Crippen LogP contribution in [0.5, 0.6) is 0 Å². The lowest BCUT2D eigenvalue weighted by molar-refractivity contribution is 0.0690. The molecule has 0 aromatic carbocycles. The summed E-state index contributed by atoms with van der Waals surface area (Å²) in [6.45, 7) is 1.74. The number of hydrogen-bond acceptors (Lipinski definition) is 5. The minimum Gasteiger partial charge on any atom is -0.478 e. The SMILES string of the molecule is Cc1nc(C2CC2)nc(SCc2cnn(C)c2)c1C(=O)O. The average Bonchev–Trinajstić information content (AvgIpc) is 3.18. The van der Waals surface area contributed by atoms with Gasteiger partial charge in [-0.05, 0) is 19.8 Å². The third-order valence-electron chi connectivity index (χ3n) is 3.36. The fourth-order valence-corrected chi connectivity index (χ4v) is 3.13. The molecule has 1 fully saturated rings. The van der Waals surface area contributed by atoms with Gasteiger partial charge < -0.3 is 5.11 Å². The van der Waals surface area contributed by atoms with Crippen molar-refractivity contribution in [3.8, 4) is 0 Å². The van der Waals surface area contributed by atoms with Gasteiger partial charge in [0.15, 0.2) is 0 Å². The van der Waals surface area contributed by atoms with Crippen LogP contribution in [0, 0.1) is 6.92 Å². The normalized spacial score (nSPS) is 14.4. The van der Waals surface area contributed by atoms with Crippen LogP contribution in [0.1, 0.15) is 46.2 Å². The first-order chi connectivity index (χ1) is 10.0. The second-order valence-corrected chi connectivity index (χ2v) is 6.20. The van der Waals surface area contributed by atoms with E-state index in [1.165, 1.54) is 11.8 Å². The van der Waals surface area contributed by atoms with Crippen LogP contribution in [0.25, 0.3) is 0 Å². The van der Waals surface area contributed by atoms with Crippen LogP contribution in [0.3, 0.4) is 0 Å². The Hall–Kier alpha value is -1.89. The molecule has 7 heteroatoms. The largest absolute Gasteiger partial charge is 0.478 e. The second-order valence-electron chi connectivity index (χ2n) is 5.24. The molecule has 0 spiro atoms. The van der Waals surface area contributed by atoms with Crippen molar-refractivity contribution >= 4 is 17.7 Å². The quantitative estimate of drug-likeness (QED) is 0.675. The van der Waals surface area contributed by atoms with Gasteiger partial charge in [-0.15, -0.1) is 11.8 Å². The molecular formula is C14H16N4O2S. The molecule has 2 aromatic rings. The standard InChI is InChI=1S/C14H16N4O2S/c1-8-11(14(19)20)13(17-12(16-8)10-3-4-10)21-7-9-5-15-18(2)6-9/h5-6,10H,3-4,7H2,1-2H3,(H,19,20). The fraction of sp³-hybridized carbons (Fsp3) is 0.429. The molecule has 2 aromatic heterocycles. The van der Waals surface area contributed by atoms with Crippen molar-refractivity contribution in [2.24, 2.45) is 7.05 Å². The Morgan fingerprint density at radius 3 is 2.81 bits per heavy atom. The van der Waals surface area contributed by atoms with E-state index in [2.05, 4.69) is 15.1 Å². The van der Waals surface area contributed by atoms with Crippen molar-refractivity contribution in [2.45, 2.75) is 36.5 Å². The highest BCUT2D eigenvalue weighted by Gasteiger charge is 2.29. The highest BCUT2D eigenvalue weighted by molar-refractivity contribution is 7.98. The van der Waals surface area contributed by atoms with Gasteiger partial charge in [-0.2, -0.15) is 5.10 Å². The fourth-order valence-electron chi connectivity index (χ4n) is 2.14. The van der Waals surface area contributed by atoms with Crippen molar-refractivity contribution in [1.29, 1.82) is 0 Å². The molecule has 0 saturated heterocycles. The third-order valence-corrected chi connectivity index (χ3v) is 4.41. The average molecular weight is 304 g/mol. The van der Waals surface area contributed by atoms with Crippen LogP contribution in [-0.2, 0) is 12.8 Å². The minimum atomic E-state index is -0.969. The summed E-state index contributed by atoms with van der Waals surface area (Å²) in [4.78, 5) is 20.3. The van der Waals surface area contributed by atoms with Crippen molar-refractivity contribution in [2.75, 3.05) is 0 Å². The molecule has 0 unspecified atom stereocenters. The van der Waals surface area contributed by atoms with Gasteiger partial charge in [-0.1, -0.05) is 0 Å². The maximum Gasteiger partial charge on any atom is 0.340 e. The Morgan fingerprint density at radius 1 is 1.48 bits per heavy atom. The predicted molar refractivity (Wildman–Crippen MR) is 78.5 cm³/mol. The van der Waals surface area contributed by atoms with Gasteiger partial charge in [0.1, 0.15) is 16.4 Å². The first-order valence-corrected chi connectivity index (χ1v) is 7.75. The first-order valence-electron chi connectivity index (χ1n) is 6.76. The molecule has 3 rings (SSSR count). The third kappa shape index (κ3) is 3.07. The number of aromatic carboxylic acids is 1. The summed E-state index contributed by atoms with van der Waals surface area (Å²) in [6.07, 6.45) is 5.89. The van der Waals surface area contributed by atoms with Crippen LogP contribution in [0.4, 0.5) is 0 Å². The lowest BCUT2D eigenvalue weighted by Crippen LogP contribution is -2.09. The number of thioether (sulfide) groups is 1. The lowest BCUT2D eigenvalue weighted by Gasteiger charge is -2.09. The monoisotopic (exact) mass is 304 g/mol. The molecule has 110 valence electrons. The van der Waals surface area contributed by atoms with Gasteiger partial charge in [0.25, 0.3) is 0 Å². The molecule has 21 heavy (non-hydrogen) atoms. The molecule has 0 radical (unpaired) electrons. The Morgan fingerprint density at radius 2 is 2.24 bits per heavy atom. The Labute approximate surface area is 126 Å². The molecule has 0 bridgehead atoms. The number of nitrogens with zero attached hydrogens (tertiary/aromatic N) is 4. The molecule has 1 aliphatic carbocycles. The smallest absolute Gasteiger partial charge is 0.340 e. The van der Waals surface area contributed by atoms with Gasteiger partial charge in [0.05, 0.1) is 11.9 Å².